The third-order valence-electron chi connectivity index (χ3n) is 2.95. The van der Waals surface area contributed by atoms with Crippen molar-refractivity contribution in [1.82, 2.24) is 10.6 Å². The minimum Gasteiger partial charge on any atom is -0.426 e. The summed E-state index contributed by atoms with van der Waals surface area (Å²) < 4.78 is 13.7. The zero-order valence-electron chi connectivity index (χ0n) is 14.0. The van der Waals surface area contributed by atoms with Gasteiger partial charge in [-0.05, 0) is 31.4 Å². The Kier molecular flexibility index (Phi) is 10.3. The van der Waals surface area contributed by atoms with Crippen LogP contribution in [-0.4, -0.2) is 41.5 Å². The van der Waals surface area contributed by atoms with Gasteiger partial charge in [0.1, 0.15) is 5.83 Å². The first kappa shape index (κ1) is 22.4. The van der Waals surface area contributed by atoms with E-state index >= 15 is 0 Å². The molecule has 0 heterocycles. The normalized spacial score (nSPS) is 13.5. The van der Waals surface area contributed by atoms with Gasteiger partial charge in [-0.2, -0.15) is 0 Å². The number of carbonyl (C=O) groups excluding carboxylic acids is 2. The van der Waals surface area contributed by atoms with Crippen molar-refractivity contribution in [3.63, 3.8) is 0 Å². The van der Waals surface area contributed by atoms with E-state index in [-0.39, 0.29) is 16.5 Å². The molecule has 0 bridgehead atoms. The topological polar surface area (TPSA) is 98.7 Å². The summed E-state index contributed by atoms with van der Waals surface area (Å²) in [6, 6.07) is 0. The molecule has 4 N–H and O–H groups in total. The van der Waals surface area contributed by atoms with E-state index in [0.29, 0.717) is 6.42 Å². The predicted molar refractivity (Wildman–Crippen MR) is 92.5 cm³/mol. The molecule has 1 atom stereocenters. The molecule has 0 aliphatic carbocycles. The minimum atomic E-state index is -1.71. The second kappa shape index (κ2) is 11.0. The van der Waals surface area contributed by atoms with Crippen LogP contribution in [0.3, 0.4) is 0 Å². The first-order valence-corrected chi connectivity index (χ1v) is 7.75. The van der Waals surface area contributed by atoms with Crippen LogP contribution >= 0.6 is 11.6 Å². The zero-order valence-corrected chi connectivity index (χ0v) is 14.7. The number of rotatable bonds is 9. The molecule has 0 aliphatic heterocycles. The van der Waals surface area contributed by atoms with Crippen LogP contribution in [0.5, 0.6) is 0 Å². The number of nitrogens with one attached hydrogen (secondary N) is 2. The fourth-order valence-electron chi connectivity index (χ4n) is 1.71. The van der Waals surface area contributed by atoms with Crippen molar-refractivity contribution in [3.8, 4) is 0 Å². The highest BCUT2D eigenvalue weighted by molar-refractivity contribution is 6.43. The van der Waals surface area contributed by atoms with Crippen LogP contribution in [0.2, 0.25) is 0 Å². The van der Waals surface area contributed by atoms with E-state index in [1.54, 1.807) is 0 Å². The molecule has 0 unspecified atom stereocenters. The molecule has 9 heteroatoms. The van der Waals surface area contributed by atoms with Crippen LogP contribution in [-0.2, 0) is 9.59 Å². The molecule has 0 aromatic rings. The quantitative estimate of drug-likeness (QED) is 0.282. The maximum absolute atomic E-state index is 13.7. The summed E-state index contributed by atoms with van der Waals surface area (Å²) in [6.07, 6.45) is 2.54. The van der Waals surface area contributed by atoms with Gasteiger partial charge in [0.2, 0.25) is 11.8 Å². The maximum Gasteiger partial charge on any atom is 0.475 e. The third kappa shape index (κ3) is 9.49. The zero-order chi connectivity index (χ0) is 18.9. The molecular weight excluding hydrogens is 337 g/mol. The van der Waals surface area contributed by atoms with Crippen LogP contribution in [0, 0.1) is 5.92 Å². The van der Waals surface area contributed by atoms with E-state index < -0.39 is 37.2 Å². The average Bonchev–Trinajstić information content (AvgIpc) is 2.48. The first-order chi connectivity index (χ1) is 11.0. The van der Waals surface area contributed by atoms with Gasteiger partial charge >= 0.3 is 7.12 Å². The van der Waals surface area contributed by atoms with Gasteiger partial charge in [-0.3, -0.25) is 9.59 Å². The highest BCUT2D eigenvalue weighted by atomic mass is 35.5. The molecule has 0 aliphatic rings. The van der Waals surface area contributed by atoms with Crippen molar-refractivity contribution in [2.24, 2.45) is 5.92 Å². The Balaban J connectivity index is 4.61. The van der Waals surface area contributed by atoms with Crippen LogP contribution in [0.4, 0.5) is 4.39 Å². The lowest BCUT2D eigenvalue weighted by molar-refractivity contribution is -0.124. The Morgan fingerprint density at radius 3 is 2.38 bits per heavy atom. The average molecular weight is 361 g/mol. The van der Waals surface area contributed by atoms with Crippen LogP contribution < -0.4 is 10.6 Å². The predicted octanol–water partition coefficient (Wildman–Crippen LogP) is 1.20. The second-order valence-electron chi connectivity index (χ2n) is 5.65. The molecule has 0 aromatic heterocycles. The van der Waals surface area contributed by atoms with E-state index in [1.807, 2.05) is 13.8 Å². The first-order valence-electron chi connectivity index (χ1n) is 7.37. The number of carbonyl (C=O) groups is 2. The molecule has 0 saturated carbocycles. The SMILES string of the molecule is C=C(Cl)/C=C\C(F)=C(/C)C(=O)NCC(=O)N[C@@H](CC(C)C)B(O)O. The van der Waals surface area contributed by atoms with Crippen molar-refractivity contribution in [2.75, 3.05) is 6.54 Å². The van der Waals surface area contributed by atoms with E-state index in [1.165, 1.54) is 13.0 Å². The summed E-state index contributed by atoms with van der Waals surface area (Å²) in [5.74, 6) is -2.90. The van der Waals surface area contributed by atoms with Crippen LogP contribution in [0.15, 0.2) is 35.2 Å². The van der Waals surface area contributed by atoms with Crippen molar-refractivity contribution < 1.29 is 24.0 Å². The maximum atomic E-state index is 13.7. The molecule has 134 valence electrons. The van der Waals surface area contributed by atoms with Crippen LogP contribution in [0.1, 0.15) is 27.2 Å². The number of hydrogen-bond donors (Lipinski definition) is 4. The van der Waals surface area contributed by atoms with Gasteiger partial charge in [-0.25, -0.2) is 4.39 Å². The molecule has 0 fully saturated rings. The van der Waals surface area contributed by atoms with Gasteiger partial charge in [0.05, 0.1) is 12.5 Å². The molecular formula is C15H23BClFN2O4. The Bertz CT molecular complexity index is 536. The monoisotopic (exact) mass is 360 g/mol. The van der Waals surface area contributed by atoms with Gasteiger partial charge in [0.25, 0.3) is 0 Å². The molecule has 0 aromatic carbocycles. The highest BCUT2D eigenvalue weighted by Crippen LogP contribution is 2.10. The summed E-state index contributed by atoms with van der Waals surface area (Å²) in [5, 5.41) is 23.2. The molecule has 0 spiro atoms. The van der Waals surface area contributed by atoms with E-state index in [4.69, 9.17) is 11.6 Å². The van der Waals surface area contributed by atoms with E-state index in [9.17, 15) is 24.0 Å². The molecule has 6 nitrogen and oxygen atoms in total. The summed E-state index contributed by atoms with van der Waals surface area (Å²) in [4.78, 5) is 23.5. The lowest BCUT2D eigenvalue weighted by Crippen LogP contribution is -2.50. The number of hydrogen-bond acceptors (Lipinski definition) is 4. The Hall–Kier alpha value is -1.64. The van der Waals surface area contributed by atoms with Crippen molar-refractivity contribution >= 4 is 30.5 Å². The summed E-state index contributed by atoms with van der Waals surface area (Å²) in [5.41, 5.74) is -0.224. The van der Waals surface area contributed by atoms with Gasteiger partial charge in [-0.1, -0.05) is 32.0 Å². The van der Waals surface area contributed by atoms with Crippen molar-refractivity contribution in [1.29, 1.82) is 0 Å². The van der Waals surface area contributed by atoms with Crippen molar-refractivity contribution in [3.05, 3.63) is 35.2 Å². The molecule has 0 rings (SSSR count). The van der Waals surface area contributed by atoms with E-state index in [2.05, 4.69) is 17.2 Å². The second-order valence-corrected chi connectivity index (χ2v) is 6.14. The Morgan fingerprint density at radius 1 is 1.33 bits per heavy atom. The lowest BCUT2D eigenvalue weighted by Gasteiger charge is -2.19. The smallest absolute Gasteiger partial charge is 0.426 e. The molecule has 2 amide bonds. The number of amides is 2. The fraction of sp³-hybridized carbons (Fsp3) is 0.467. The van der Waals surface area contributed by atoms with Gasteiger partial charge in [-0.15, -0.1) is 0 Å². The standard InChI is InChI=1S/C15H23BClFN2O4/c1-9(2)7-13(16(23)24)20-14(21)8-19-15(22)11(4)12(18)6-5-10(3)17/h5-6,9,13,23-24H,3,7-8H2,1-2,4H3,(H,19,22)(H,20,21)/b6-5-,12-11-/t13-/m0/s1. The van der Waals surface area contributed by atoms with Crippen molar-refractivity contribution in [2.45, 2.75) is 33.1 Å². The fourth-order valence-corrected chi connectivity index (χ4v) is 1.77. The molecule has 0 saturated heterocycles. The van der Waals surface area contributed by atoms with Crippen LogP contribution in [0.25, 0.3) is 0 Å². The molecule has 0 radical (unpaired) electrons. The molecule has 24 heavy (non-hydrogen) atoms. The Morgan fingerprint density at radius 2 is 1.92 bits per heavy atom. The van der Waals surface area contributed by atoms with Gasteiger partial charge in [0, 0.05) is 10.6 Å². The van der Waals surface area contributed by atoms with Gasteiger partial charge < -0.3 is 20.7 Å². The third-order valence-corrected chi connectivity index (χ3v) is 3.08. The lowest BCUT2D eigenvalue weighted by atomic mass is 9.75. The number of halogens is 2. The Labute approximate surface area is 146 Å². The minimum absolute atomic E-state index is 0.108. The number of allylic oxidation sites excluding steroid dienone is 4. The largest absolute Gasteiger partial charge is 0.475 e. The summed E-state index contributed by atoms with van der Waals surface area (Å²) in [7, 11) is -1.71. The highest BCUT2D eigenvalue weighted by Gasteiger charge is 2.26. The van der Waals surface area contributed by atoms with E-state index in [0.717, 1.165) is 6.08 Å². The summed E-state index contributed by atoms with van der Waals surface area (Å²) >= 11 is 5.45. The summed E-state index contributed by atoms with van der Waals surface area (Å²) in [6.45, 7) is 7.91. The van der Waals surface area contributed by atoms with Gasteiger partial charge in [0.15, 0.2) is 0 Å².